The van der Waals surface area contributed by atoms with Gasteiger partial charge in [0.2, 0.25) is 10.0 Å². The molecule has 1 unspecified atom stereocenters. The van der Waals surface area contributed by atoms with Gasteiger partial charge in [0.15, 0.2) is 0 Å². The predicted octanol–water partition coefficient (Wildman–Crippen LogP) is 2.08. The van der Waals surface area contributed by atoms with Crippen LogP contribution in [0.1, 0.15) is 18.4 Å². The van der Waals surface area contributed by atoms with Gasteiger partial charge in [-0.3, -0.25) is 4.79 Å². The van der Waals surface area contributed by atoms with E-state index in [1.54, 1.807) is 0 Å². The average molecular weight is 341 g/mol. The van der Waals surface area contributed by atoms with Crippen molar-refractivity contribution in [3.8, 4) is 0 Å². The number of aliphatic carboxylic acids is 1. The van der Waals surface area contributed by atoms with Crippen LogP contribution in [0, 0.1) is 5.82 Å². The van der Waals surface area contributed by atoms with Crippen molar-refractivity contribution in [2.75, 3.05) is 6.54 Å². The molecule has 0 aromatic heterocycles. The summed E-state index contributed by atoms with van der Waals surface area (Å²) in [6, 6.07) is -0.0509. The van der Waals surface area contributed by atoms with Gasteiger partial charge in [-0.25, -0.2) is 12.8 Å². The summed E-state index contributed by atoms with van der Waals surface area (Å²) in [7, 11) is -4.45. The van der Waals surface area contributed by atoms with E-state index < -0.39 is 44.5 Å². The van der Waals surface area contributed by atoms with E-state index in [0.29, 0.717) is 16.4 Å². The number of rotatable bonds is 3. The van der Waals surface area contributed by atoms with E-state index in [4.69, 9.17) is 5.11 Å². The number of sulfonamides is 1. The number of carboxylic acid groups (broad SMARTS) is 1. The standard InChI is InChI=1S/C12H11F4NO4S/c13-9-4-3-7(6-8(9)12(14,15)16)22(20,21)17-5-1-2-10(17)11(18)19/h3-4,6,10H,1-2,5H2,(H,18,19). The Bertz CT molecular complexity index is 702. The molecule has 0 aliphatic carbocycles. The lowest BCUT2D eigenvalue weighted by atomic mass is 10.2. The minimum atomic E-state index is -5.05. The molecule has 2 rings (SSSR count). The molecule has 1 fully saturated rings. The van der Waals surface area contributed by atoms with Crippen molar-refractivity contribution in [1.29, 1.82) is 0 Å². The van der Waals surface area contributed by atoms with Crippen LogP contribution in [-0.2, 0) is 21.0 Å². The summed E-state index contributed by atoms with van der Waals surface area (Å²) in [5.74, 6) is -2.97. The van der Waals surface area contributed by atoms with Gasteiger partial charge in [0.05, 0.1) is 10.5 Å². The summed E-state index contributed by atoms with van der Waals surface area (Å²) in [5, 5.41) is 8.98. The highest BCUT2D eigenvalue weighted by Gasteiger charge is 2.41. The second-order valence-electron chi connectivity index (χ2n) is 4.75. The Hall–Kier alpha value is -1.68. The van der Waals surface area contributed by atoms with E-state index >= 15 is 0 Å². The van der Waals surface area contributed by atoms with Crippen LogP contribution in [0.2, 0.25) is 0 Å². The molecule has 1 aromatic rings. The van der Waals surface area contributed by atoms with E-state index in [9.17, 15) is 30.8 Å². The zero-order valence-electron chi connectivity index (χ0n) is 11.0. The Morgan fingerprint density at radius 2 is 1.95 bits per heavy atom. The van der Waals surface area contributed by atoms with Crippen LogP contribution >= 0.6 is 0 Å². The number of alkyl halides is 3. The molecule has 1 saturated heterocycles. The molecule has 5 nitrogen and oxygen atoms in total. The normalized spacial score (nSPS) is 20.3. The fraction of sp³-hybridized carbons (Fsp3) is 0.417. The smallest absolute Gasteiger partial charge is 0.419 e. The van der Waals surface area contributed by atoms with Crippen LogP contribution in [-0.4, -0.2) is 36.4 Å². The van der Waals surface area contributed by atoms with Gasteiger partial charge in [0.1, 0.15) is 11.9 Å². The van der Waals surface area contributed by atoms with E-state index in [1.807, 2.05) is 0 Å². The number of carbonyl (C=O) groups is 1. The first-order chi connectivity index (χ1) is 10.0. The summed E-state index contributed by atoms with van der Waals surface area (Å²) in [5.41, 5.74) is -1.71. The van der Waals surface area contributed by atoms with E-state index in [0.717, 1.165) is 0 Å². The molecule has 1 aliphatic heterocycles. The van der Waals surface area contributed by atoms with Crippen molar-refractivity contribution in [3.05, 3.63) is 29.6 Å². The van der Waals surface area contributed by atoms with Crippen LogP contribution in [0.5, 0.6) is 0 Å². The highest BCUT2D eigenvalue weighted by molar-refractivity contribution is 7.89. The highest BCUT2D eigenvalue weighted by atomic mass is 32.2. The maximum absolute atomic E-state index is 13.2. The molecule has 1 N–H and O–H groups in total. The Kier molecular flexibility index (Phi) is 4.18. The zero-order valence-corrected chi connectivity index (χ0v) is 11.8. The molecule has 1 aliphatic rings. The lowest BCUT2D eigenvalue weighted by Crippen LogP contribution is -2.40. The summed E-state index contributed by atoms with van der Waals surface area (Å²) in [6.45, 7) is -0.113. The number of benzene rings is 1. The van der Waals surface area contributed by atoms with E-state index in [2.05, 4.69) is 0 Å². The van der Waals surface area contributed by atoms with Crippen LogP contribution in [0.3, 0.4) is 0 Å². The Morgan fingerprint density at radius 1 is 1.32 bits per heavy atom. The van der Waals surface area contributed by atoms with Gasteiger partial charge in [0.25, 0.3) is 0 Å². The molecule has 0 saturated carbocycles. The van der Waals surface area contributed by atoms with E-state index in [1.165, 1.54) is 0 Å². The molecule has 0 bridgehead atoms. The highest BCUT2D eigenvalue weighted by Crippen LogP contribution is 2.34. The molecule has 1 atom stereocenters. The number of hydrogen-bond acceptors (Lipinski definition) is 3. The van der Waals surface area contributed by atoms with Gasteiger partial charge in [0, 0.05) is 6.54 Å². The summed E-state index contributed by atoms with van der Waals surface area (Å²) >= 11 is 0. The first kappa shape index (κ1) is 16.7. The quantitative estimate of drug-likeness (QED) is 0.854. The average Bonchev–Trinajstić information content (AvgIpc) is 2.87. The zero-order chi connectivity index (χ0) is 16.7. The SMILES string of the molecule is O=C(O)C1CCCN1S(=O)(=O)c1ccc(F)c(C(F)(F)F)c1. The van der Waals surface area contributed by atoms with Crippen molar-refractivity contribution in [2.24, 2.45) is 0 Å². The Balaban J connectivity index is 2.49. The van der Waals surface area contributed by atoms with Crippen LogP contribution in [0.4, 0.5) is 17.6 Å². The lowest BCUT2D eigenvalue weighted by molar-refractivity contribution is -0.141. The summed E-state index contributed by atoms with van der Waals surface area (Å²) in [6.07, 6.45) is -4.70. The first-order valence-corrected chi connectivity index (χ1v) is 7.60. The van der Waals surface area contributed by atoms with Gasteiger partial charge >= 0.3 is 12.1 Å². The predicted molar refractivity (Wildman–Crippen MR) is 66.0 cm³/mol. The van der Waals surface area contributed by atoms with Crippen LogP contribution in [0.15, 0.2) is 23.1 Å². The second kappa shape index (κ2) is 5.51. The molecule has 0 amide bonds. The number of nitrogens with zero attached hydrogens (tertiary/aromatic N) is 1. The first-order valence-electron chi connectivity index (χ1n) is 6.16. The van der Waals surface area contributed by atoms with Gasteiger partial charge < -0.3 is 5.11 Å². The maximum Gasteiger partial charge on any atom is 0.419 e. The molecule has 0 spiro atoms. The molecule has 10 heteroatoms. The monoisotopic (exact) mass is 341 g/mol. The van der Waals surface area contributed by atoms with E-state index in [-0.39, 0.29) is 25.5 Å². The minimum Gasteiger partial charge on any atom is -0.480 e. The van der Waals surface area contributed by atoms with Crippen molar-refractivity contribution in [3.63, 3.8) is 0 Å². The third-order valence-corrected chi connectivity index (χ3v) is 5.24. The molecule has 1 heterocycles. The topological polar surface area (TPSA) is 74.7 Å². The molecular formula is C12H11F4NO4S. The van der Waals surface area contributed by atoms with Crippen molar-refractivity contribution < 1.29 is 35.9 Å². The summed E-state index contributed by atoms with van der Waals surface area (Å²) < 4.78 is 76.4. The van der Waals surface area contributed by atoms with Gasteiger partial charge in [-0.2, -0.15) is 17.5 Å². The third-order valence-electron chi connectivity index (χ3n) is 3.34. The van der Waals surface area contributed by atoms with Gasteiger partial charge in [-0.1, -0.05) is 0 Å². The lowest BCUT2D eigenvalue weighted by Gasteiger charge is -2.21. The third kappa shape index (κ3) is 2.93. The van der Waals surface area contributed by atoms with Crippen LogP contribution in [0.25, 0.3) is 0 Å². The maximum atomic E-state index is 13.2. The Labute approximate surface area is 123 Å². The van der Waals surface area contributed by atoms with Crippen molar-refractivity contribution >= 4 is 16.0 Å². The second-order valence-corrected chi connectivity index (χ2v) is 6.64. The van der Waals surface area contributed by atoms with Gasteiger partial charge in [-0.15, -0.1) is 0 Å². The number of halogens is 4. The van der Waals surface area contributed by atoms with Gasteiger partial charge in [-0.05, 0) is 31.0 Å². The fourth-order valence-electron chi connectivity index (χ4n) is 2.29. The van der Waals surface area contributed by atoms with Crippen LogP contribution < -0.4 is 0 Å². The van der Waals surface area contributed by atoms with Crippen molar-refractivity contribution in [2.45, 2.75) is 30.0 Å². The number of carboxylic acids is 1. The molecule has 1 aromatic carbocycles. The molecule has 0 radical (unpaired) electrons. The summed E-state index contributed by atoms with van der Waals surface area (Å²) in [4.78, 5) is 10.2. The molecular weight excluding hydrogens is 330 g/mol. The minimum absolute atomic E-state index is 0.0713. The van der Waals surface area contributed by atoms with Crippen molar-refractivity contribution in [1.82, 2.24) is 4.31 Å². The molecule has 22 heavy (non-hydrogen) atoms. The number of hydrogen-bond donors (Lipinski definition) is 1. The largest absolute Gasteiger partial charge is 0.480 e. The molecule has 122 valence electrons. The Morgan fingerprint density at radius 3 is 2.50 bits per heavy atom. The fourth-order valence-corrected chi connectivity index (χ4v) is 3.97.